The number of rotatable bonds is 11. The molecule has 132 valence electrons. The summed E-state index contributed by atoms with van der Waals surface area (Å²) in [5.41, 5.74) is 2.71. The molecule has 4 heteroatoms. The van der Waals surface area contributed by atoms with E-state index in [9.17, 15) is 4.57 Å². The molecule has 0 radical (unpaired) electrons. The highest BCUT2D eigenvalue weighted by atomic mass is 31.2. The molecule has 0 aliphatic carbocycles. The van der Waals surface area contributed by atoms with Crippen LogP contribution in [0.4, 0.5) is 0 Å². The van der Waals surface area contributed by atoms with Gasteiger partial charge in [-0.2, -0.15) is 0 Å². The Hall–Kier alpha value is -0.890. The van der Waals surface area contributed by atoms with Gasteiger partial charge in [0.25, 0.3) is 0 Å². The van der Waals surface area contributed by atoms with E-state index in [4.69, 9.17) is 9.05 Å². The van der Waals surface area contributed by atoms with Crippen LogP contribution < -0.4 is 0 Å². The SMILES string of the molecule is CCOP(=O)(/C=C/C(C)/C=C\C=C(/C)CCC=C(C)C)OCC. The molecule has 0 aliphatic rings. The van der Waals surface area contributed by atoms with Gasteiger partial charge in [0.05, 0.1) is 13.2 Å². The first-order chi connectivity index (χ1) is 10.8. The number of allylic oxidation sites excluding steroid dienone is 7. The fourth-order valence-corrected chi connectivity index (χ4v) is 3.30. The zero-order chi connectivity index (χ0) is 17.7. The van der Waals surface area contributed by atoms with Gasteiger partial charge in [-0.15, -0.1) is 0 Å². The fraction of sp³-hybridized carbons (Fsp3) is 0.579. The van der Waals surface area contributed by atoms with Crippen LogP contribution in [0.5, 0.6) is 0 Å². The van der Waals surface area contributed by atoms with Gasteiger partial charge in [0.1, 0.15) is 0 Å². The predicted molar refractivity (Wildman–Crippen MR) is 101 cm³/mol. The van der Waals surface area contributed by atoms with Crippen LogP contribution in [0.1, 0.15) is 54.4 Å². The second-order valence-electron chi connectivity index (χ2n) is 5.79. The molecular formula is C19H33O3P. The van der Waals surface area contributed by atoms with Gasteiger partial charge in [0.2, 0.25) is 0 Å². The summed E-state index contributed by atoms with van der Waals surface area (Å²) in [7, 11) is -3.09. The first kappa shape index (κ1) is 22.1. The van der Waals surface area contributed by atoms with Crippen molar-refractivity contribution >= 4 is 7.60 Å². The number of hydrogen-bond acceptors (Lipinski definition) is 3. The van der Waals surface area contributed by atoms with Gasteiger partial charge in [-0.25, -0.2) is 0 Å². The molecule has 0 fully saturated rings. The minimum Gasteiger partial charge on any atom is -0.306 e. The molecule has 23 heavy (non-hydrogen) atoms. The monoisotopic (exact) mass is 340 g/mol. The highest BCUT2D eigenvalue weighted by Crippen LogP contribution is 2.49. The van der Waals surface area contributed by atoms with Crippen LogP contribution in [0.15, 0.2) is 47.3 Å². The molecule has 0 aromatic carbocycles. The van der Waals surface area contributed by atoms with E-state index in [-0.39, 0.29) is 5.92 Å². The zero-order valence-corrected chi connectivity index (χ0v) is 16.4. The number of hydrogen-bond donors (Lipinski definition) is 0. The second kappa shape index (κ2) is 12.5. The Morgan fingerprint density at radius 3 is 2.22 bits per heavy atom. The fourth-order valence-electron chi connectivity index (χ4n) is 1.86. The van der Waals surface area contributed by atoms with Crippen molar-refractivity contribution in [3.8, 4) is 0 Å². The third-order valence-corrected chi connectivity index (χ3v) is 4.85. The molecule has 0 heterocycles. The van der Waals surface area contributed by atoms with Gasteiger partial charge in [-0.3, -0.25) is 4.57 Å². The van der Waals surface area contributed by atoms with Crippen LogP contribution >= 0.6 is 7.60 Å². The predicted octanol–water partition coefficient (Wildman–Crippen LogP) is 6.65. The molecule has 0 saturated heterocycles. The Labute approximate surface area is 142 Å². The van der Waals surface area contributed by atoms with Crippen LogP contribution in [0.2, 0.25) is 0 Å². The molecule has 0 saturated carbocycles. The normalized spacial score (nSPS) is 14.6. The Morgan fingerprint density at radius 1 is 1.09 bits per heavy atom. The van der Waals surface area contributed by atoms with Crippen molar-refractivity contribution in [1.29, 1.82) is 0 Å². The lowest BCUT2D eigenvalue weighted by atomic mass is 10.1. The van der Waals surface area contributed by atoms with Gasteiger partial charge in [0.15, 0.2) is 0 Å². The maximum Gasteiger partial charge on any atom is 0.353 e. The van der Waals surface area contributed by atoms with Gasteiger partial charge in [-0.05, 0) is 53.4 Å². The highest BCUT2D eigenvalue weighted by Gasteiger charge is 2.18. The summed E-state index contributed by atoms with van der Waals surface area (Å²) in [4.78, 5) is 0. The van der Waals surface area contributed by atoms with Crippen LogP contribution in [0, 0.1) is 5.92 Å². The summed E-state index contributed by atoms with van der Waals surface area (Å²) < 4.78 is 22.8. The summed E-state index contributed by atoms with van der Waals surface area (Å²) in [6, 6.07) is 0. The summed E-state index contributed by atoms with van der Waals surface area (Å²) in [5.74, 6) is 1.74. The van der Waals surface area contributed by atoms with Gasteiger partial charge in [0, 0.05) is 5.82 Å². The summed E-state index contributed by atoms with van der Waals surface area (Å²) >= 11 is 0. The molecular weight excluding hydrogens is 307 g/mol. The van der Waals surface area contributed by atoms with E-state index in [1.54, 1.807) is 5.82 Å². The van der Waals surface area contributed by atoms with Crippen LogP contribution in [-0.4, -0.2) is 13.2 Å². The standard InChI is InChI=1S/C19H33O3P/c1-7-21-23(20,22-8-2)16-15-19(6)14-10-13-18(5)12-9-11-17(3)4/h10-11,13-16,19H,7-9,12H2,1-6H3/b14-10-,16-15+,18-13+. The molecule has 0 amide bonds. The molecule has 0 aromatic heterocycles. The van der Waals surface area contributed by atoms with E-state index in [1.807, 2.05) is 26.8 Å². The van der Waals surface area contributed by atoms with E-state index in [1.165, 1.54) is 11.1 Å². The second-order valence-corrected chi connectivity index (χ2v) is 7.69. The van der Waals surface area contributed by atoms with E-state index >= 15 is 0 Å². The lowest BCUT2D eigenvalue weighted by molar-refractivity contribution is 0.229. The van der Waals surface area contributed by atoms with Crippen molar-refractivity contribution in [3.05, 3.63) is 47.3 Å². The minimum absolute atomic E-state index is 0.172. The Bertz CT molecular complexity index is 473. The molecule has 0 bridgehead atoms. The lowest BCUT2D eigenvalue weighted by Crippen LogP contribution is -1.93. The Balaban J connectivity index is 4.51. The molecule has 1 atom stereocenters. The molecule has 3 nitrogen and oxygen atoms in total. The van der Waals surface area contributed by atoms with E-state index in [0.717, 1.165) is 12.8 Å². The third kappa shape index (κ3) is 12.2. The van der Waals surface area contributed by atoms with Crippen molar-refractivity contribution < 1.29 is 13.6 Å². The third-order valence-electron chi connectivity index (χ3n) is 3.08. The average molecular weight is 340 g/mol. The minimum atomic E-state index is -3.09. The van der Waals surface area contributed by atoms with Crippen molar-refractivity contribution in [2.24, 2.45) is 5.92 Å². The molecule has 1 unspecified atom stereocenters. The van der Waals surface area contributed by atoms with E-state index in [2.05, 4.69) is 45.1 Å². The quantitative estimate of drug-likeness (QED) is 0.240. The summed E-state index contributed by atoms with van der Waals surface area (Å²) in [6.45, 7) is 12.8. The Kier molecular flexibility index (Phi) is 12.0. The first-order valence-corrected chi connectivity index (χ1v) is 9.99. The van der Waals surface area contributed by atoms with Gasteiger partial charge < -0.3 is 9.05 Å². The maximum atomic E-state index is 12.3. The smallest absolute Gasteiger partial charge is 0.306 e. The zero-order valence-electron chi connectivity index (χ0n) is 15.5. The van der Waals surface area contributed by atoms with Crippen LogP contribution in [0.25, 0.3) is 0 Å². The van der Waals surface area contributed by atoms with Crippen LogP contribution in [-0.2, 0) is 13.6 Å². The highest BCUT2D eigenvalue weighted by molar-refractivity contribution is 7.57. The first-order valence-electron chi connectivity index (χ1n) is 8.38. The lowest BCUT2D eigenvalue weighted by Gasteiger charge is -2.13. The molecule has 0 spiro atoms. The largest absolute Gasteiger partial charge is 0.353 e. The molecule has 0 N–H and O–H groups in total. The van der Waals surface area contributed by atoms with E-state index < -0.39 is 7.60 Å². The maximum absolute atomic E-state index is 12.3. The van der Waals surface area contributed by atoms with Crippen molar-refractivity contribution in [2.45, 2.75) is 54.4 Å². The van der Waals surface area contributed by atoms with Crippen molar-refractivity contribution in [3.63, 3.8) is 0 Å². The molecule has 0 rings (SSSR count). The van der Waals surface area contributed by atoms with Gasteiger partial charge in [-0.1, -0.05) is 48.5 Å². The molecule has 0 aromatic rings. The summed E-state index contributed by atoms with van der Waals surface area (Å²) in [6.07, 6.45) is 12.5. The Morgan fingerprint density at radius 2 is 1.70 bits per heavy atom. The average Bonchev–Trinajstić information content (AvgIpc) is 2.45. The van der Waals surface area contributed by atoms with E-state index in [0.29, 0.717) is 13.2 Å². The molecule has 0 aliphatic heterocycles. The topological polar surface area (TPSA) is 35.5 Å². The van der Waals surface area contributed by atoms with Crippen LogP contribution in [0.3, 0.4) is 0 Å². The van der Waals surface area contributed by atoms with Crippen molar-refractivity contribution in [2.75, 3.05) is 13.2 Å². The summed E-state index contributed by atoms with van der Waals surface area (Å²) in [5, 5.41) is 0. The van der Waals surface area contributed by atoms with Crippen molar-refractivity contribution in [1.82, 2.24) is 0 Å². The van der Waals surface area contributed by atoms with Gasteiger partial charge >= 0.3 is 7.60 Å².